The predicted octanol–water partition coefficient (Wildman–Crippen LogP) is 10.3. The van der Waals surface area contributed by atoms with Gasteiger partial charge in [-0.1, -0.05) is 70.8 Å². The molecule has 8 rings (SSSR count). The number of ether oxygens (including phenoxy) is 2. The third-order valence-electron chi connectivity index (χ3n) is 10.3. The van der Waals surface area contributed by atoms with Crippen molar-refractivity contribution in [2.75, 3.05) is 63.3 Å². The maximum absolute atomic E-state index is 13.3. The average molecular weight is 1000 g/mol. The molecule has 0 spiro atoms. The van der Waals surface area contributed by atoms with Crippen LogP contribution in [0.3, 0.4) is 0 Å². The zero-order chi connectivity index (χ0) is 47.3. The molecule has 5 N–H and O–H groups in total. The molecule has 2 aromatic heterocycles. The Morgan fingerprint density at radius 3 is 1.55 bits per heavy atom. The van der Waals surface area contributed by atoms with E-state index in [2.05, 4.69) is 21.2 Å². The molecule has 2 heterocycles. The highest BCUT2D eigenvalue weighted by Gasteiger charge is 2.21. The number of hydrogen-bond acceptors (Lipinski definition) is 10. The first kappa shape index (κ1) is 50.1. The lowest BCUT2D eigenvalue weighted by atomic mass is 10.1. The number of anilines is 5. The molecule has 0 aliphatic heterocycles. The molecular weight excluding hydrogens is 951 g/mol. The van der Waals surface area contributed by atoms with Gasteiger partial charge in [-0.15, -0.1) is 0 Å². The van der Waals surface area contributed by atoms with Gasteiger partial charge in [-0.2, -0.15) is 0 Å². The van der Waals surface area contributed by atoms with E-state index in [0.717, 1.165) is 15.9 Å². The monoisotopic (exact) mass is 998 g/mol. The van der Waals surface area contributed by atoms with Gasteiger partial charge in [-0.3, -0.25) is 19.2 Å². The number of nitrogens with one attached hydrogen (secondary N) is 1. The van der Waals surface area contributed by atoms with Crippen molar-refractivity contribution < 1.29 is 29.3 Å². The highest BCUT2D eigenvalue weighted by Crippen LogP contribution is 2.37. The van der Waals surface area contributed by atoms with Crippen molar-refractivity contribution in [2.45, 2.75) is 20.5 Å². The fourth-order valence-corrected chi connectivity index (χ4v) is 8.51. The minimum absolute atomic E-state index is 0. The van der Waals surface area contributed by atoms with Crippen LogP contribution >= 0.6 is 39.1 Å². The first-order valence-electron chi connectivity index (χ1n) is 19.8. The highest BCUT2D eigenvalue weighted by atomic mass is 79.9. The zero-order valence-corrected chi connectivity index (χ0v) is 39.2. The number of fused-ring (bicyclic) bond motifs is 4. The minimum Gasteiger partial charge on any atom is -0.495 e. The lowest BCUT2D eigenvalue weighted by Gasteiger charge is -2.22. The molecule has 0 saturated carbocycles. The number of methoxy groups -OCH3 is 2. The maximum atomic E-state index is 13.3. The van der Waals surface area contributed by atoms with E-state index in [1.807, 2.05) is 42.5 Å². The van der Waals surface area contributed by atoms with Crippen LogP contribution in [0, 0.1) is 0 Å². The van der Waals surface area contributed by atoms with E-state index in [9.17, 15) is 29.4 Å². The Hall–Kier alpha value is -6.94. The van der Waals surface area contributed by atoms with Gasteiger partial charge in [0.2, 0.25) is 0 Å². The zero-order valence-electron chi connectivity index (χ0n) is 36.2. The van der Waals surface area contributed by atoms with Crippen molar-refractivity contribution >= 4 is 123 Å². The molecule has 344 valence electrons. The molecule has 0 amide bonds. The first-order valence-corrected chi connectivity index (χ1v) is 21.3. The van der Waals surface area contributed by atoms with Gasteiger partial charge >= 0.3 is 11.9 Å². The average Bonchev–Trinajstić information content (AvgIpc) is 3.26. The lowest BCUT2D eigenvalue weighted by Crippen LogP contribution is -2.19. The summed E-state index contributed by atoms with van der Waals surface area (Å²) in [5.74, 6) is -0.622. The molecule has 0 unspecified atom stereocenters. The first-order chi connectivity index (χ1) is 31.0. The van der Waals surface area contributed by atoms with Gasteiger partial charge in [0.15, 0.2) is 10.9 Å². The van der Waals surface area contributed by atoms with Gasteiger partial charge < -0.3 is 49.7 Å². The number of carboxylic acids is 2. The SMILES string of the molecule is C.CN(C)c1c(Cl)ccc2c(=O)c3ccc(Br)cc3n(CC(=O)O)c12.COc1ccccc1N.COc1ccccc1Nc1ccc2c(=O)c3ccc(Cl)c(N(C)C)c3n(CC(=O)O)c2c1. The molecule has 6 aromatic carbocycles. The van der Waals surface area contributed by atoms with E-state index in [4.69, 9.17) is 38.4 Å². The molecular formula is C49H49BrCl2N6O8. The molecule has 0 fully saturated rings. The summed E-state index contributed by atoms with van der Waals surface area (Å²) in [5.41, 5.74) is 10.6. The molecule has 8 aromatic rings. The number of aliphatic carboxylic acids is 2. The molecule has 0 atom stereocenters. The fourth-order valence-electron chi connectivity index (χ4n) is 7.52. The summed E-state index contributed by atoms with van der Waals surface area (Å²) in [6.07, 6.45) is 0. The quantitative estimate of drug-likeness (QED) is 0.0753. The minimum atomic E-state index is -1.02. The van der Waals surface area contributed by atoms with Crippen LogP contribution < -0.4 is 41.2 Å². The number of nitrogen functional groups attached to an aromatic ring is 1. The van der Waals surface area contributed by atoms with Crippen LogP contribution in [-0.2, 0) is 22.7 Å². The predicted molar refractivity (Wildman–Crippen MR) is 273 cm³/mol. The van der Waals surface area contributed by atoms with Gasteiger partial charge in [0.25, 0.3) is 0 Å². The second kappa shape index (κ2) is 21.4. The third-order valence-corrected chi connectivity index (χ3v) is 11.4. The molecule has 0 bridgehead atoms. The van der Waals surface area contributed by atoms with Crippen molar-refractivity contribution in [1.82, 2.24) is 9.13 Å². The lowest BCUT2D eigenvalue weighted by molar-refractivity contribution is -0.138. The fraction of sp³-hybridized carbons (Fsp3) is 0.184. The topological polar surface area (TPSA) is 182 Å². The van der Waals surface area contributed by atoms with Gasteiger partial charge in [0, 0.05) is 59.9 Å². The Morgan fingerprint density at radius 2 is 1.09 bits per heavy atom. The number of halogens is 3. The summed E-state index contributed by atoms with van der Waals surface area (Å²) < 4.78 is 14.3. The summed E-state index contributed by atoms with van der Waals surface area (Å²) in [4.78, 5) is 53.0. The Balaban J connectivity index is 0.000000211. The number of nitrogens with two attached hydrogens (primary N) is 1. The summed E-state index contributed by atoms with van der Waals surface area (Å²) in [7, 11) is 10.4. The van der Waals surface area contributed by atoms with Crippen LogP contribution in [0.25, 0.3) is 43.6 Å². The van der Waals surface area contributed by atoms with Crippen LogP contribution in [-0.4, -0.2) is 73.7 Å². The van der Waals surface area contributed by atoms with Gasteiger partial charge in [-0.25, -0.2) is 0 Å². The largest absolute Gasteiger partial charge is 0.495 e. The van der Waals surface area contributed by atoms with Gasteiger partial charge in [0.05, 0.1) is 69.1 Å². The molecule has 0 saturated heterocycles. The van der Waals surface area contributed by atoms with Gasteiger partial charge in [0.1, 0.15) is 24.6 Å². The van der Waals surface area contributed by atoms with Crippen LogP contribution in [0.5, 0.6) is 11.5 Å². The highest BCUT2D eigenvalue weighted by molar-refractivity contribution is 9.10. The Kier molecular flexibility index (Phi) is 16.2. The third kappa shape index (κ3) is 10.4. The summed E-state index contributed by atoms with van der Waals surface area (Å²) in [5, 5.41) is 25.0. The number of hydrogen-bond donors (Lipinski definition) is 4. The number of pyridine rings is 2. The number of rotatable bonds is 10. The van der Waals surface area contributed by atoms with Gasteiger partial charge in [-0.05, 0) is 84.9 Å². The second-order valence-electron chi connectivity index (χ2n) is 15.0. The number of para-hydroxylation sites is 4. The van der Waals surface area contributed by atoms with Crippen molar-refractivity contribution in [3.8, 4) is 11.5 Å². The Bertz CT molecular complexity index is 3250. The smallest absolute Gasteiger partial charge is 0.323 e. The normalized spacial score (nSPS) is 10.6. The molecule has 66 heavy (non-hydrogen) atoms. The maximum Gasteiger partial charge on any atom is 0.323 e. The molecule has 17 heteroatoms. The standard InChI is InChI=1S/C24H22ClN3O4.C17H14BrClN2O3.C7H9NO.CH4/c1-27(2)23-17(25)11-10-16-22(23)28(13-21(29)30)19-12-14(8-9-15(19)24(16)31)26-18-6-4-5-7-20(18)32-3;1-20(2)16-12(19)6-5-11-15(16)21(8-14(22)23)13-7-9(18)3-4-10(13)17(11)24;1-9-7-5-3-2-4-6(7)8;/h4-12,26H,13H2,1-3H3,(H,29,30);3-7H,8H2,1-2H3,(H,22,23);2-5H,8H2,1H3;1H4. The van der Waals surface area contributed by atoms with Crippen molar-refractivity contribution in [2.24, 2.45) is 0 Å². The molecule has 14 nitrogen and oxygen atoms in total. The van der Waals surface area contributed by atoms with E-state index in [1.165, 1.54) is 0 Å². The van der Waals surface area contributed by atoms with Crippen LogP contribution in [0.4, 0.5) is 28.4 Å². The van der Waals surface area contributed by atoms with Crippen molar-refractivity contribution in [1.29, 1.82) is 0 Å². The Morgan fingerprint density at radius 1 is 0.652 bits per heavy atom. The van der Waals surface area contributed by atoms with Crippen molar-refractivity contribution in [3.63, 3.8) is 0 Å². The second-order valence-corrected chi connectivity index (χ2v) is 16.7. The summed E-state index contributed by atoms with van der Waals surface area (Å²) in [6, 6.07) is 31.9. The molecule has 0 radical (unpaired) electrons. The number of benzene rings is 6. The van der Waals surface area contributed by atoms with E-state index in [1.54, 1.807) is 128 Å². The molecule has 0 aliphatic carbocycles. The summed E-state index contributed by atoms with van der Waals surface area (Å²) in [6.45, 7) is -0.600. The van der Waals surface area contributed by atoms with E-state index in [-0.39, 0.29) is 31.4 Å². The number of nitrogens with zero attached hydrogens (tertiary/aromatic N) is 4. The molecule has 0 aliphatic rings. The van der Waals surface area contributed by atoms with Crippen LogP contribution in [0.2, 0.25) is 10.0 Å². The van der Waals surface area contributed by atoms with Crippen LogP contribution in [0.15, 0.2) is 123 Å². The van der Waals surface area contributed by atoms with E-state index >= 15 is 0 Å². The van der Waals surface area contributed by atoms with Crippen LogP contribution in [0.1, 0.15) is 7.43 Å². The van der Waals surface area contributed by atoms with Crippen molar-refractivity contribution in [3.05, 3.63) is 144 Å². The van der Waals surface area contributed by atoms with E-state index in [0.29, 0.717) is 82.2 Å². The number of carbonyl (C=O) groups is 2. The number of carboxylic acid groups (broad SMARTS) is 2. The Labute approximate surface area is 399 Å². The number of aromatic nitrogens is 2. The summed E-state index contributed by atoms with van der Waals surface area (Å²) >= 11 is 16.2. The van der Waals surface area contributed by atoms with E-state index < -0.39 is 11.9 Å².